The minimum absolute atomic E-state index is 0.229. The van der Waals surface area contributed by atoms with E-state index in [0.29, 0.717) is 19.9 Å². The number of carboxylic acids is 1. The first kappa shape index (κ1) is 14.7. The molecule has 1 rings (SSSR count). The Balaban J connectivity index is 2.92. The van der Waals surface area contributed by atoms with Crippen molar-refractivity contribution in [1.82, 2.24) is 10.6 Å². The van der Waals surface area contributed by atoms with Crippen LogP contribution in [0, 0.1) is 5.41 Å². The monoisotopic (exact) mass is 268 g/mol. The Morgan fingerprint density at radius 2 is 1.94 bits per heavy atom. The van der Waals surface area contributed by atoms with Gasteiger partial charge < -0.3 is 15.7 Å². The van der Waals surface area contributed by atoms with Gasteiger partial charge in [0.1, 0.15) is 0 Å². The van der Waals surface area contributed by atoms with E-state index in [1.807, 2.05) is 0 Å². The van der Waals surface area contributed by atoms with Gasteiger partial charge in [0.05, 0.1) is 5.41 Å². The molecule has 0 aliphatic carbocycles. The van der Waals surface area contributed by atoms with Crippen molar-refractivity contribution in [2.45, 2.75) is 32.0 Å². The molecule has 1 fully saturated rings. The molecule has 3 N–H and O–H groups in total. The molecule has 1 aliphatic rings. The molecule has 0 bridgehead atoms. The average molecular weight is 268 g/mol. The number of nitrogens with one attached hydrogen (secondary N) is 2. The van der Waals surface area contributed by atoms with Crippen molar-refractivity contribution in [1.29, 1.82) is 0 Å². The molecule has 1 heterocycles. The summed E-state index contributed by atoms with van der Waals surface area (Å²) in [6, 6.07) is 0. The summed E-state index contributed by atoms with van der Waals surface area (Å²) in [7, 11) is 0. The molecule has 5 nitrogen and oxygen atoms in total. The van der Waals surface area contributed by atoms with E-state index in [2.05, 4.69) is 5.32 Å². The van der Waals surface area contributed by atoms with Crippen LogP contribution in [0.15, 0.2) is 0 Å². The second-order valence-electron chi connectivity index (χ2n) is 4.87. The maximum Gasteiger partial charge on any atom is 0.422 e. The fourth-order valence-corrected chi connectivity index (χ4v) is 1.63. The predicted octanol–water partition coefficient (Wildman–Crippen LogP) is 0.508. The van der Waals surface area contributed by atoms with Gasteiger partial charge in [-0.1, -0.05) is 0 Å². The maximum absolute atomic E-state index is 12.7. The molecule has 18 heavy (non-hydrogen) atoms. The Kier molecular flexibility index (Phi) is 3.62. The largest absolute Gasteiger partial charge is 0.479 e. The molecule has 104 valence electrons. The summed E-state index contributed by atoms with van der Waals surface area (Å²) in [6.07, 6.45) is -4.69. The van der Waals surface area contributed by atoms with Crippen molar-refractivity contribution in [2.75, 3.05) is 13.1 Å². The SMILES string of the molecule is CC1(C(=O)NC(C)(C(=O)O)C(F)(F)F)CCNC1. The molecular weight excluding hydrogens is 253 g/mol. The summed E-state index contributed by atoms with van der Waals surface area (Å²) in [6.45, 7) is 2.69. The lowest BCUT2D eigenvalue weighted by atomic mass is 9.87. The van der Waals surface area contributed by atoms with E-state index in [9.17, 15) is 22.8 Å². The van der Waals surface area contributed by atoms with Crippen LogP contribution in [-0.2, 0) is 9.59 Å². The lowest BCUT2D eigenvalue weighted by Crippen LogP contribution is -2.64. The van der Waals surface area contributed by atoms with Crippen LogP contribution in [0.5, 0.6) is 0 Å². The standard InChI is InChI=1S/C10H15F3N2O3/c1-8(3-4-14-5-8)6(16)15-9(2,7(17)18)10(11,12)13/h14H,3-5H2,1-2H3,(H,15,16)(H,17,18). The molecular formula is C10H15F3N2O3. The first-order valence-corrected chi connectivity index (χ1v) is 5.36. The number of hydrogen-bond acceptors (Lipinski definition) is 3. The highest BCUT2D eigenvalue weighted by Crippen LogP contribution is 2.33. The third kappa shape index (κ3) is 2.43. The summed E-state index contributed by atoms with van der Waals surface area (Å²) in [5, 5.41) is 13.2. The van der Waals surface area contributed by atoms with Gasteiger partial charge in [0.15, 0.2) is 0 Å². The minimum atomic E-state index is -5.06. The van der Waals surface area contributed by atoms with E-state index in [1.54, 1.807) is 5.32 Å². The van der Waals surface area contributed by atoms with Crippen molar-refractivity contribution >= 4 is 11.9 Å². The Morgan fingerprint density at radius 3 is 2.28 bits per heavy atom. The van der Waals surface area contributed by atoms with Gasteiger partial charge in [-0.2, -0.15) is 13.2 Å². The summed E-state index contributed by atoms with van der Waals surface area (Å²) in [5.41, 5.74) is -4.28. The van der Waals surface area contributed by atoms with Gasteiger partial charge in [-0.05, 0) is 26.8 Å². The Morgan fingerprint density at radius 1 is 1.39 bits per heavy atom. The fraction of sp³-hybridized carbons (Fsp3) is 0.800. The highest BCUT2D eigenvalue weighted by atomic mass is 19.4. The lowest BCUT2D eigenvalue weighted by molar-refractivity contribution is -0.208. The number of aliphatic carboxylic acids is 1. The zero-order valence-electron chi connectivity index (χ0n) is 10.0. The number of hydrogen-bond donors (Lipinski definition) is 3. The Bertz CT molecular complexity index is 364. The molecule has 1 amide bonds. The fourth-order valence-electron chi connectivity index (χ4n) is 1.63. The first-order valence-electron chi connectivity index (χ1n) is 5.36. The lowest BCUT2D eigenvalue weighted by Gasteiger charge is -2.32. The first-order chi connectivity index (χ1) is 8.03. The van der Waals surface area contributed by atoms with E-state index in [-0.39, 0.29) is 6.54 Å². The van der Waals surface area contributed by atoms with E-state index < -0.39 is 29.0 Å². The number of halogens is 3. The third-order valence-corrected chi connectivity index (χ3v) is 3.28. The molecule has 0 radical (unpaired) electrons. The second kappa shape index (κ2) is 4.42. The highest BCUT2D eigenvalue weighted by Gasteiger charge is 2.59. The van der Waals surface area contributed by atoms with E-state index in [0.717, 1.165) is 0 Å². The van der Waals surface area contributed by atoms with Gasteiger partial charge in [0.25, 0.3) is 0 Å². The van der Waals surface area contributed by atoms with Crippen LogP contribution in [-0.4, -0.2) is 41.8 Å². The third-order valence-electron chi connectivity index (χ3n) is 3.28. The van der Waals surface area contributed by atoms with Crippen LogP contribution < -0.4 is 10.6 Å². The summed E-state index contributed by atoms with van der Waals surface area (Å²) in [5.74, 6) is -3.03. The number of amides is 1. The van der Waals surface area contributed by atoms with Crippen LogP contribution in [0.1, 0.15) is 20.3 Å². The van der Waals surface area contributed by atoms with E-state index >= 15 is 0 Å². The van der Waals surface area contributed by atoms with Crippen molar-refractivity contribution in [3.05, 3.63) is 0 Å². The quantitative estimate of drug-likeness (QED) is 0.697. The number of carbonyl (C=O) groups is 2. The Hall–Kier alpha value is -1.31. The van der Waals surface area contributed by atoms with E-state index in [1.165, 1.54) is 6.92 Å². The average Bonchev–Trinajstić information content (AvgIpc) is 2.64. The van der Waals surface area contributed by atoms with Crippen LogP contribution in [0.3, 0.4) is 0 Å². The highest BCUT2D eigenvalue weighted by molar-refractivity contribution is 5.90. The molecule has 0 aromatic carbocycles. The van der Waals surface area contributed by atoms with Gasteiger partial charge in [-0.3, -0.25) is 4.79 Å². The van der Waals surface area contributed by atoms with Crippen molar-refractivity contribution in [3.8, 4) is 0 Å². The number of carboxylic acid groups (broad SMARTS) is 1. The molecule has 1 aliphatic heterocycles. The van der Waals surface area contributed by atoms with Crippen molar-refractivity contribution < 1.29 is 27.9 Å². The van der Waals surface area contributed by atoms with Crippen molar-refractivity contribution in [3.63, 3.8) is 0 Å². The smallest absolute Gasteiger partial charge is 0.422 e. The zero-order valence-corrected chi connectivity index (χ0v) is 10.0. The molecule has 8 heteroatoms. The summed E-state index contributed by atoms with van der Waals surface area (Å²) >= 11 is 0. The van der Waals surface area contributed by atoms with Crippen LogP contribution in [0.2, 0.25) is 0 Å². The van der Waals surface area contributed by atoms with E-state index in [4.69, 9.17) is 5.11 Å². The molecule has 0 spiro atoms. The number of carbonyl (C=O) groups excluding carboxylic acids is 1. The maximum atomic E-state index is 12.7. The van der Waals surface area contributed by atoms with Gasteiger partial charge in [0.2, 0.25) is 11.4 Å². The van der Waals surface area contributed by atoms with Crippen LogP contribution in [0.25, 0.3) is 0 Å². The van der Waals surface area contributed by atoms with Crippen LogP contribution >= 0.6 is 0 Å². The molecule has 2 atom stereocenters. The molecule has 2 unspecified atom stereocenters. The summed E-state index contributed by atoms with van der Waals surface area (Å²) in [4.78, 5) is 22.6. The molecule has 1 saturated heterocycles. The normalized spacial score (nSPS) is 27.6. The molecule has 0 aromatic heterocycles. The molecule has 0 saturated carbocycles. The zero-order chi connectivity index (χ0) is 14.2. The number of alkyl halides is 3. The Labute approximate surface area is 102 Å². The topological polar surface area (TPSA) is 78.4 Å². The minimum Gasteiger partial charge on any atom is -0.479 e. The van der Waals surface area contributed by atoms with Crippen molar-refractivity contribution in [2.24, 2.45) is 5.41 Å². The predicted molar refractivity (Wildman–Crippen MR) is 55.8 cm³/mol. The number of rotatable bonds is 3. The molecule has 0 aromatic rings. The van der Waals surface area contributed by atoms with Gasteiger partial charge in [-0.25, -0.2) is 4.79 Å². The van der Waals surface area contributed by atoms with Gasteiger partial charge >= 0.3 is 12.1 Å². The van der Waals surface area contributed by atoms with Gasteiger partial charge in [-0.15, -0.1) is 0 Å². The van der Waals surface area contributed by atoms with Crippen LogP contribution in [0.4, 0.5) is 13.2 Å². The summed E-state index contributed by atoms with van der Waals surface area (Å²) < 4.78 is 38.1. The second-order valence-corrected chi connectivity index (χ2v) is 4.87. The van der Waals surface area contributed by atoms with Gasteiger partial charge in [0, 0.05) is 6.54 Å².